The molecule has 3 N–H and O–H groups in total. The van der Waals surface area contributed by atoms with Crippen LogP contribution < -0.4 is 10.6 Å². The third-order valence-corrected chi connectivity index (χ3v) is 6.66. The second-order valence-corrected chi connectivity index (χ2v) is 9.44. The number of aromatic amines is 1. The van der Waals surface area contributed by atoms with Gasteiger partial charge in [-0.15, -0.1) is 0 Å². The second kappa shape index (κ2) is 8.94. The zero-order valence-corrected chi connectivity index (χ0v) is 19.1. The number of H-pyrrole nitrogens is 1. The third-order valence-electron chi connectivity index (χ3n) is 6.66. The number of pyridine rings is 1. The summed E-state index contributed by atoms with van der Waals surface area (Å²) < 4.78 is 0. The van der Waals surface area contributed by atoms with E-state index in [-0.39, 0.29) is 23.8 Å². The van der Waals surface area contributed by atoms with Crippen LogP contribution in [-0.2, 0) is 4.79 Å². The van der Waals surface area contributed by atoms with E-state index in [2.05, 4.69) is 44.6 Å². The van der Waals surface area contributed by atoms with Crippen molar-refractivity contribution in [2.24, 2.45) is 5.92 Å². The minimum atomic E-state index is -0.148. The molecule has 5 rings (SSSR count). The SMILES string of the molecule is CC(C)N1CCC(NC(=O)c2n[nH]c3ccc(-c4cncc(NC(=O)C5CC5)c4)cc23)CC1. The molecule has 2 fully saturated rings. The maximum Gasteiger partial charge on any atom is 0.272 e. The molecule has 2 aliphatic rings. The maximum absolute atomic E-state index is 13.0. The fourth-order valence-corrected chi connectivity index (χ4v) is 4.44. The van der Waals surface area contributed by atoms with Crippen LogP contribution in [0.3, 0.4) is 0 Å². The van der Waals surface area contributed by atoms with Crippen LogP contribution in [0.1, 0.15) is 50.0 Å². The molecule has 3 heterocycles. The minimum absolute atomic E-state index is 0.0532. The molecule has 1 saturated heterocycles. The number of nitrogens with zero attached hydrogens (tertiary/aromatic N) is 3. The molecular formula is C25H30N6O2. The van der Waals surface area contributed by atoms with Crippen molar-refractivity contribution in [2.45, 2.75) is 51.6 Å². The van der Waals surface area contributed by atoms with Crippen LogP contribution in [0, 0.1) is 5.92 Å². The smallest absolute Gasteiger partial charge is 0.272 e. The Morgan fingerprint density at radius 1 is 1.06 bits per heavy atom. The van der Waals surface area contributed by atoms with Gasteiger partial charge < -0.3 is 15.5 Å². The largest absolute Gasteiger partial charge is 0.348 e. The number of anilines is 1. The first kappa shape index (κ1) is 21.6. The fraction of sp³-hybridized carbons (Fsp3) is 0.440. The normalized spacial score (nSPS) is 17.4. The molecular weight excluding hydrogens is 416 g/mol. The molecule has 0 atom stereocenters. The lowest BCUT2D eigenvalue weighted by Crippen LogP contribution is -2.46. The predicted octanol–water partition coefficient (Wildman–Crippen LogP) is 3.58. The van der Waals surface area contributed by atoms with Crippen molar-refractivity contribution >= 4 is 28.4 Å². The fourth-order valence-electron chi connectivity index (χ4n) is 4.44. The minimum Gasteiger partial charge on any atom is -0.348 e. The summed E-state index contributed by atoms with van der Waals surface area (Å²) in [5, 5.41) is 14.2. The van der Waals surface area contributed by atoms with E-state index in [9.17, 15) is 9.59 Å². The molecule has 0 unspecified atom stereocenters. The number of nitrogens with one attached hydrogen (secondary N) is 3. The highest BCUT2D eigenvalue weighted by Crippen LogP contribution is 2.31. The highest BCUT2D eigenvalue weighted by Gasteiger charge is 2.29. The van der Waals surface area contributed by atoms with Crippen molar-refractivity contribution in [1.82, 2.24) is 25.4 Å². The summed E-state index contributed by atoms with van der Waals surface area (Å²) in [5.41, 5.74) is 3.69. The number of likely N-dealkylation sites (tertiary alicyclic amines) is 1. The van der Waals surface area contributed by atoms with Crippen LogP contribution >= 0.6 is 0 Å². The molecule has 2 amide bonds. The Labute approximate surface area is 193 Å². The van der Waals surface area contributed by atoms with Gasteiger partial charge in [0.15, 0.2) is 5.69 Å². The molecule has 3 aromatic rings. The number of fused-ring (bicyclic) bond motifs is 1. The number of hydrogen-bond donors (Lipinski definition) is 3. The molecule has 1 aliphatic heterocycles. The number of benzene rings is 1. The van der Waals surface area contributed by atoms with Crippen molar-refractivity contribution in [3.05, 3.63) is 42.4 Å². The van der Waals surface area contributed by atoms with Gasteiger partial charge in [-0.1, -0.05) is 6.07 Å². The highest BCUT2D eigenvalue weighted by molar-refractivity contribution is 6.05. The van der Waals surface area contributed by atoms with Gasteiger partial charge in [-0.3, -0.25) is 19.7 Å². The first-order chi connectivity index (χ1) is 16.0. The average molecular weight is 447 g/mol. The number of carbonyl (C=O) groups excluding carboxylic acids is 2. The Balaban J connectivity index is 1.33. The van der Waals surface area contributed by atoms with Crippen molar-refractivity contribution < 1.29 is 9.59 Å². The van der Waals surface area contributed by atoms with E-state index in [1.54, 1.807) is 12.4 Å². The molecule has 0 bridgehead atoms. The van der Waals surface area contributed by atoms with E-state index in [4.69, 9.17) is 0 Å². The van der Waals surface area contributed by atoms with E-state index >= 15 is 0 Å². The first-order valence-electron chi connectivity index (χ1n) is 11.8. The van der Waals surface area contributed by atoms with Crippen molar-refractivity contribution in [1.29, 1.82) is 0 Å². The van der Waals surface area contributed by atoms with E-state index in [1.165, 1.54) is 0 Å². The molecule has 0 radical (unpaired) electrons. The lowest BCUT2D eigenvalue weighted by molar-refractivity contribution is -0.117. The van der Waals surface area contributed by atoms with E-state index in [0.717, 1.165) is 60.8 Å². The Morgan fingerprint density at radius 3 is 2.58 bits per heavy atom. The molecule has 2 aromatic heterocycles. The summed E-state index contributed by atoms with van der Waals surface area (Å²) in [6, 6.07) is 8.46. The standard InChI is InChI=1S/C25H30N6O2/c1-15(2)31-9-7-19(8-10-31)27-25(33)23-21-12-17(5-6-22(21)29-30-23)18-11-20(14-26-13-18)28-24(32)16-3-4-16/h5-6,11-16,19H,3-4,7-10H2,1-2H3,(H,27,33)(H,28,32)(H,29,30). The van der Waals surface area contributed by atoms with Gasteiger partial charge in [-0.2, -0.15) is 5.10 Å². The predicted molar refractivity (Wildman–Crippen MR) is 128 cm³/mol. The van der Waals surface area contributed by atoms with Gasteiger partial charge in [0.2, 0.25) is 5.91 Å². The lowest BCUT2D eigenvalue weighted by Gasteiger charge is -2.34. The monoisotopic (exact) mass is 446 g/mol. The topological polar surface area (TPSA) is 103 Å². The van der Waals surface area contributed by atoms with Crippen LogP contribution in [0.5, 0.6) is 0 Å². The van der Waals surface area contributed by atoms with Crippen LogP contribution in [0.4, 0.5) is 5.69 Å². The van der Waals surface area contributed by atoms with Crippen molar-refractivity contribution in [3.8, 4) is 11.1 Å². The van der Waals surface area contributed by atoms with E-state index < -0.39 is 0 Å². The van der Waals surface area contributed by atoms with Gasteiger partial charge >= 0.3 is 0 Å². The lowest BCUT2D eigenvalue weighted by atomic mass is 10.0. The van der Waals surface area contributed by atoms with Crippen LogP contribution in [0.2, 0.25) is 0 Å². The number of rotatable bonds is 6. The Hall–Kier alpha value is -3.26. The second-order valence-electron chi connectivity index (χ2n) is 9.44. The van der Waals surface area contributed by atoms with Crippen LogP contribution in [0.25, 0.3) is 22.0 Å². The maximum atomic E-state index is 13.0. The van der Waals surface area contributed by atoms with E-state index in [1.807, 2.05) is 24.3 Å². The first-order valence-corrected chi connectivity index (χ1v) is 11.8. The molecule has 172 valence electrons. The highest BCUT2D eigenvalue weighted by atomic mass is 16.2. The summed E-state index contributed by atoms with van der Waals surface area (Å²) in [6.45, 7) is 6.40. The van der Waals surface area contributed by atoms with Crippen molar-refractivity contribution in [2.75, 3.05) is 18.4 Å². The van der Waals surface area contributed by atoms with Crippen molar-refractivity contribution in [3.63, 3.8) is 0 Å². The quantitative estimate of drug-likeness (QED) is 0.537. The van der Waals surface area contributed by atoms with Crippen LogP contribution in [0.15, 0.2) is 36.7 Å². The number of aromatic nitrogens is 3. The van der Waals surface area contributed by atoms with Gasteiger partial charge in [0, 0.05) is 48.2 Å². The Kier molecular flexibility index (Phi) is 5.85. The number of amides is 2. The summed E-state index contributed by atoms with van der Waals surface area (Å²) in [6.07, 6.45) is 7.22. The van der Waals surface area contributed by atoms with Crippen LogP contribution in [-0.4, -0.2) is 57.1 Å². The summed E-state index contributed by atoms with van der Waals surface area (Å²) in [7, 11) is 0. The number of carbonyl (C=O) groups is 2. The molecule has 8 nitrogen and oxygen atoms in total. The average Bonchev–Trinajstić information content (AvgIpc) is 3.58. The number of piperidine rings is 1. The Morgan fingerprint density at radius 2 is 1.85 bits per heavy atom. The summed E-state index contributed by atoms with van der Waals surface area (Å²) in [4.78, 5) is 31.9. The molecule has 33 heavy (non-hydrogen) atoms. The Bertz CT molecular complexity index is 1170. The zero-order valence-electron chi connectivity index (χ0n) is 19.1. The van der Waals surface area contributed by atoms with Gasteiger partial charge in [-0.25, -0.2) is 0 Å². The molecule has 0 spiro atoms. The number of hydrogen-bond acceptors (Lipinski definition) is 5. The van der Waals surface area contributed by atoms with E-state index in [0.29, 0.717) is 17.4 Å². The molecule has 1 aromatic carbocycles. The van der Waals surface area contributed by atoms with Gasteiger partial charge in [0.25, 0.3) is 5.91 Å². The third kappa shape index (κ3) is 4.75. The van der Waals surface area contributed by atoms with Gasteiger partial charge in [0.1, 0.15) is 0 Å². The molecule has 1 saturated carbocycles. The van der Waals surface area contributed by atoms with Gasteiger partial charge in [0.05, 0.1) is 17.4 Å². The van der Waals surface area contributed by atoms with Gasteiger partial charge in [-0.05, 0) is 63.3 Å². The zero-order chi connectivity index (χ0) is 22.9. The summed E-state index contributed by atoms with van der Waals surface area (Å²) >= 11 is 0. The molecule has 1 aliphatic carbocycles. The summed E-state index contributed by atoms with van der Waals surface area (Å²) in [5.74, 6) is 0.0389. The molecule has 8 heteroatoms.